The number of hydrogen-bond donors (Lipinski definition) is 3. The van der Waals surface area contributed by atoms with Gasteiger partial charge in [-0.3, -0.25) is 0 Å². The van der Waals surface area contributed by atoms with E-state index in [1.807, 2.05) is 5.32 Å². The Labute approximate surface area is 90.0 Å². The van der Waals surface area contributed by atoms with Crippen LogP contribution in [-0.2, 0) is 4.79 Å². The Hall–Kier alpha value is -1.47. The number of carbonyl (C=O) groups is 2. The van der Waals surface area contributed by atoms with E-state index in [9.17, 15) is 22.8 Å². The average Bonchev–Trinajstić information content (AvgIpc) is 2.13. The Morgan fingerprint density at radius 3 is 2.31 bits per heavy atom. The maximum atomic E-state index is 11.7. The zero-order chi connectivity index (χ0) is 12.8. The van der Waals surface area contributed by atoms with E-state index in [1.165, 1.54) is 5.32 Å². The van der Waals surface area contributed by atoms with E-state index < -0.39 is 30.8 Å². The molecule has 8 heteroatoms. The molecule has 0 aliphatic carbocycles. The summed E-state index contributed by atoms with van der Waals surface area (Å²) >= 11 is 0. The molecule has 0 radical (unpaired) electrons. The summed E-state index contributed by atoms with van der Waals surface area (Å²) < 4.78 is 35.1. The molecule has 0 bridgehead atoms. The number of nitrogens with one attached hydrogen (secondary N) is 2. The number of hydrogen-bond acceptors (Lipinski definition) is 2. The quantitative estimate of drug-likeness (QED) is 0.675. The van der Waals surface area contributed by atoms with E-state index in [0.29, 0.717) is 6.42 Å². The lowest BCUT2D eigenvalue weighted by Gasteiger charge is -2.14. The normalized spacial score (nSPS) is 13.0. The first-order valence-electron chi connectivity index (χ1n) is 4.60. The van der Waals surface area contributed by atoms with E-state index in [0.717, 1.165) is 0 Å². The zero-order valence-electron chi connectivity index (χ0n) is 8.60. The lowest BCUT2D eigenvalue weighted by Crippen LogP contribution is -2.48. The molecule has 1 atom stereocenters. The minimum absolute atomic E-state index is 0.161. The molecule has 0 aromatic heterocycles. The Morgan fingerprint density at radius 2 is 1.94 bits per heavy atom. The molecule has 2 amide bonds. The van der Waals surface area contributed by atoms with Gasteiger partial charge in [0.1, 0.15) is 12.6 Å². The first kappa shape index (κ1) is 14.5. The summed E-state index contributed by atoms with van der Waals surface area (Å²) in [5.41, 5.74) is 0. The van der Waals surface area contributed by atoms with Crippen LogP contribution in [-0.4, -0.2) is 35.9 Å². The monoisotopic (exact) mass is 242 g/mol. The van der Waals surface area contributed by atoms with E-state index in [1.54, 1.807) is 6.92 Å². The molecule has 0 fully saturated rings. The van der Waals surface area contributed by atoms with Gasteiger partial charge >= 0.3 is 18.2 Å². The summed E-state index contributed by atoms with van der Waals surface area (Å²) in [5.74, 6) is -1.27. The second kappa shape index (κ2) is 6.19. The maximum absolute atomic E-state index is 11.7. The highest BCUT2D eigenvalue weighted by molar-refractivity contribution is 5.82. The van der Waals surface area contributed by atoms with Gasteiger partial charge in [-0.05, 0) is 6.42 Å². The largest absolute Gasteiger partial charge is 0.480 e. The summed E-state index contributed by atoms with van der Waals surface area (Å²) in [6.07, 6.45) is -3.86. The molecule has 0 spiro atoms. The van der Waals surface area contributed by atoms with Crippen LogP contribution in [0, 0.1) is 0 Å². The maximum Gasteiger partial charge on any atom is 0.405 e. The van der Waals surface area contributed by atoms with Crippen LogP contribution in [0.2, 0.25) is 0 Å². The van der Waals surface area contributed by atoms with Gasteiger partial charge < -0.3 is 15.7 Å². The molecular formula is C8H13F3N2O3. The third-order valence-electron chi connectivity index (χ3n) is 1.63. The predicted molar refractivity (Wildman–Crippen MR) is 48.9 cm³/mol. The summed E-state index contributed by atoms with van der Waals surface area (Å²) in [7, 11) is 0. The van der Waals surface area contributed by atoms with Gasteiger partial charge in [0.2, 0.25) is 0 Å². The number of carboxylic acid groups (broad SMARTS) is 1. The molecule has 5 nitrogen and oxygen atoms in total. The van der Waals surface area contributed by atoms with Crippen LogP contribution in [0.25, 0.3) is 0 Å². The molecule has 0 aromatic rings. The molecular weight excluding hydrogens is 229 g/mol. The molecule has 0 aromatic carbocycles. The van der Waals surface area contributed by atoms with Crippen LogP contribution in [0.3, 0.4) is 0 Å². The highest BCUT2D eigenvalue weighted by atomic mass is 19.4. The van der Waals surface area contributed by atoms with E-state index >= 15 is 0 Å². The van der Waals surface area contributed by atoms with Crippen LogP contribution >= 0.6 is 0 Å². The third kappa shape index (κ3) is 6.91. The van der Waals surface area contributed by atoms with Crippen molar-refractivity contribution in [2.75, 3.05) is 6.54 Å². The standard InChI is InChI=1S/C8H13F3N2O3/c1-2-3-5(6(14)15)13-7(16)12-4-8(9,10)11/h5H,2-4H2,1H3,(H,14,15)(H2,12,13,16)/t5-/m1/s1. The highest BCUT2D eigenvalue weighted by Gasteiger charge is 2.28. The van der Waals surface area contributed by atoms with Gasteiger partial charge in [-0.2, -0.15) is 13.2 Å². The second-order valence-electron chi connectivity index (χ2n) is 3.12. The first-order valence-corrected chi connectivity index (χ1v) is 4.60. The second-order valence-corrected chi connectivity index (χ2v) is 3.12. The molecule has 16 heavy (non-hydrogen) atoms. The van der Waals surface area contributed by atoms with Gasteiger partial charge in [0.05, 0.1) is 0 Å². The fraction of sp³-hybridized carbons (Fsp3) is 0.750. The zero-order valence-corrected chi connectivity index (χ0v) is 8.60. The number of rotatable bonds is 5. The SMILES string of the molecule is CCC[C@@H](NC(=O)NCC(F)(F)F)C(=O)O. The molecule has 3 N–H and O–H groups in total. The van der Waals surface area contributed by atoms with Crippen molar-refractivity contribution in [3.63, 3.8) is 0 Å². The van der Waals surface area contributed by atoms with Crippen LogP contribution in [0.1, 0.15) is 19.8 Å². The fourth-order valence-electron chi connectivity index (χ4n) is 0.936. The first-order chi connectivity index (χ1) is 7.26. The number of urea groups is 1. The summed E-state index contributed by atoms with van der Waals surface area (Å²) in [4.78, 5) is 21.5. The van der Waals surface area contributed by atoms with Crippen LogP contribution < -0.4 is 10.6 Å². The number of amides is 2. The van der Waals surface area contributed by atoms with Crippen LogP contribution in [0.4, 0.5) is 18.0 Å². The number of carbonyl (C=O) groups excluding carboxylic acids is 1. The van der Waals surface area contributed by atoms with Gasteiger partial charge in [-0.1, -0.05) is 13.3 Å². The van der Waals surface area contributed by atoms with Crippen molar-refractivity contribution >= 4 is 12.0 Å². The number of halogens is 3. The van der Waals surface area contributed by atoms with Crippen molar-refractivity contribution in [2.45, 2.75) is 32.0 Å². The number of carboxylic acids is 1. The van der Waals surface area contributed by atoms with Gasteiger partial charge in [0.15, 0.2) is 0 Å². The Kier molecular flexibility index (Phi) is 5.62. The van der Waals surface area contributed by atoms with Crippen LogP contribution in [0.5, 0.6) is 0 Å². The predicted octanol–water partition coefficient (Wildman–Crippen LogP) is 1.10. The lowest BCUT2D eigenvalue weighted by molar-refractivity contribution is -0.139. The molecule has 0 rings (SSSR count). The van der Waals surface area contributed by atoms with Crippen molar-refractivity contribution in [3.8, 4) is 0 Å². The topological polar surface area (TPSA) is 78.4 Å². The molecule has 0 heterocycles. The van der Waals surface area contributed by atoms with E-state index in [-0.39, 0.29) is 6.42 Å². The van der Waals surface area contributed by atoms with Crippen molar-refractivity contribution in [3.05, 3.63) is 0 Å². The van der Waals surface area contributed by atoms with Crippen LogP contribution in [0.15, 0.2) is 0 Å². The number of aliphatic carboxylic acids is 1. The van der Waals surface area contributed by atoms with Crippen molar-refractivity contribution in [2.24, 2.45) is 0 Å². The Morgan fingerprint density at radius 1 is 1.38 bits per heavy atom. The summed E-state index contributed by atoms with van der Waals surface area (Å²) in [5, 5.41) is 12.1. The molecule has 0 unspecified atom stereocenters. The van der Waals surface area contributed by atoms with Crippen molar-refractivity contribution in [1.82, 2.24) is 10.6 Å². The summed E-state index contributed by atoms with van der Waals surface area (Å²) in [6, 6.07) is -2.31. The lowest BCUT2D eigenvalue weighted by atomic mass is 10.2. The Balaban J connectivity index is 4.05. The van der Waals surface area contributed by atoms with Crippen molar-refractivity contribution < 1.29 is 27.9 Å². The average molecular weight is 242 g/mol. The molecule has 0 saturated heterocycles. The minimum atomic E-state index is -4.51. The Bertz CT molecular complexity index is 255. The molecule has 94 valence electrons. The van der Waals surface area contributed by atoms with Gasteiger partial charge in [-0.15, -0.1) is 0 Å². The number of alkyl halides is 3. The van der Waals surface area contributed by atoms with Gasteiger partial charge in [0.25, 0.3) is 0 Å². The minimum Gasteiger partial charge on any atom is -0.480 e. The molecule has 0 aliphatic heterocycles. The third-order valence-corrected chi connectivity index (χ3v) is 1.63. The van der Waals surface area contributed by atoms with Gasteiger partial charge in [0, 0.05) is 0 Å². The van der Waals surface area contributed by atoms with E-state index in [4.69, 9.17) is 5.11 Å². The van der Waals surface area contributed by atoms with Gasteiger partial charge in [-0.25, -0.2) is 9.59 Å². The fourth-order valence-corrected chi connectivity index (χ4v) is 0.936. The van der Waals surface area contributed by atoms with E-state index in [2.05, 4.69) is 0 Å². The molecule has 0 aliphatic rings. The molecule has 0 saturated carbocycles. The summed E-state index contributed by atoms with van der Waals surface area (Å²) in [6.45, 7) is 0.211. The van der Waals surface area contributed by atoms with Crippen molar-refractivity contribution in [1.29, 1.82) is 0 Å². The highest BCUT2D eigenvalue weighted by Crippen LogP contribution is 2.11. The smallest absolute Gasteiger partial charge is 0.405 e.